The molecule has 0 atom stereocenters. The van der Waals surface area contributed by atoms with E-state index < -0.39 is 0 Å². The van der Waals surface area contributed by atoms with Crippen molar-refractivity contribution in [3.63, 3.8) is 0 Å². The molecule has 2 aromatic rings. The Hall–Kier alpha value is -1.68. The van der Waals surface area contributed by atoms with Crippen molar-refractivity contribution in [2.45, 2.75) is 0 Å². The monoisotopic (exact) mass is 249 g/mol. The summed E-state index contributed by atoms with van der Waals surface area (Å²) in [7, 11) is 1.72. The fourth-order valence-electron chi connectivity index (χ4n) is 1.60. The molecule has 17 heavy (non-hydrogen) atoms. The minimum Gasteiger partial charge on any atom is -0.340 e. The minimum atomic E-state index is -0.0863. The Labute approximate surface area is 104 Å². The molecule has 0 saturated heterocycles. The lowest BCUT2D eigenvalue weighted by molar-refractivity contribution is 0.0805. The Morgan fingerprint density at radius 2 is 2.12 bits per heavy atom. The van der Waals surface area contributed by atoms with Crippen LogP contribution >= 0.6 is 11.6 Å². The van der Waals surface area contributed by atoms with Crippen molar-refractivity contribution in [2.75, 3.05) is 19.5 Å². The average Bonchev–Trinajstić information content (AvgIpc) is 2.37. The third-order valence-electron chi connectivity index (χ3n) is 2.50. The number of hydrogen-bond acceptors (Lipinski definition) is 3. The number of aromatic nitrogens is 2. The molecule has 1 heterocycles. The van der Waals surface area contributed by atoms with Crippen LogP contribution in [0.3, 0.4) is 0 Å². The van der Waals surface area contributed by atoms with E-state index in [1.807, 2.05) is 6.07 Å². The van der Waals surface area contributed by atoms with Crippen molar-refractivity contribution in [1.29, 1.82) is 0 Å². The lowest BCUT2D eigenvalue weighted by atomic mass is 10.1. The molecule has 0 bridgehead atoms. The van der Waals surface area contributed by atoms with Crippen LogP contribution in [0.4, 0.5) is 0 Å². The van der Waals surface area contributed by atoms with Gasteiger partial charge < -0.3 is 4.90 Å². The quantitative estimate of drug-likeness (QED) is 0.781. The average molecular weight is 250 g/mol. The molecular weight excluding hydrogens is 238 g/mol. The molecule has 0 N–H and O–H groups in total. The van der Waals surface area contributed by atoms with Gasteiger partial charge in [-0.05, 0) is 12.1 Å². The van der Waals surface area contributed by atoms with Crippen LogP contribution in [0.1, 0.15) is 10.4 Å². The fourth-order valence-corrected chi connectivity index (χ4v) is 1.85. The Kier molecular flexibility index (Phi) is 3.54. The van der Waals surface area contributed by atoms with E-state index in [9.17, 15) is 4.79 Å². The number of carbonyl (C=O) groups excluding carboxylic acids is 1. The number of carbonyl (C=O) groups is 1. The predicted molar refractivity (Wildman–Crippen MR) is 67.2 cm³/mol. The van der Waals surface area contributed by atoms with Crippen LogP contribution < -0.4 is 0 Å². The SMILES string of the molecule is CN(CCCl)C(=O)c1cccc2nccnc12. The highest BCUT2D eigenvalue weighted by molar-refractivity contribution is 6.18. The van der Waals surface area contributed by atoms with Crippen molar-refractivity contribution >= 4 is 28.5 Å². The molecule has 0 radical (unpaired) electrons. The zero-order valence-electron chi connectivity index (χ0n) is 9.43. The second kappa shape index (κ2) is 5.10. The fraction of sp³-hybridized carbons (Fsp3) is 0.250. The number of para-hydroxylation sites is 1. The van der Waals surface area contributed by atoms with Crippen LogP contribution in [0.5, 0.6) is 0 Å². The lowest BCUT2D eigenvalue weighted by Crippen LogP contribution is -2.28. The number of benzene rings is 1. The maximum Gasteiger partial charge on any atom is 0.255 e. The minimum absolute atomic E-state index is 0.0863. The zero-order chi connectivity index (χ0) is 12.3. The highest BCUT2D eigenvalue weighted by Crippen LogP contribution is 2.15. The zero-order valence-corrected chi connectivity index (χ0v) is 10.2. The van der Waals surface area contributed by atoms with Gasteiger partial charge in [0.15, 0.2) is 0 Å². The molecule has 0 aliphatic rings. The van der Waals surface area contributed by atoms with Crippen LogP contribution in [0, 0.1) is 0 Å². The van der Waals surface area contributed by atoms with Gasteiger partial charge >= 0.3 is 0 Å². The maximum atomic E-state index is 12.1. The number of nitrogens with zero attached hydrogens (tertiary/aromatic N) is 3. The van der Waals surface area contributed by atoms with Gasteiger partial charge in [0.25, 0.3) is 5.91 Å². The second-order valence-corrected chi connectivity index (χ2v) is 4.02. The molecule has 4 nitrogen and oxygen atoms in total. The van der Waals surface area contributed by atoms with E-state index in [1.165, 1.54) is 0 Å². The number of hydrogen-bond donors (Lipinski definition) is 0. The van der Waals surface area contributed by atoms with Crippen LogP contribution in [-0.2, 0) is 0 Å². The van der Waals surface area contributed by atoms with Gasteiger partial charge in [-0.25, -0.2) is 0 Å². The summed E-state index contributed by atoms with van der Waals surface area (Å²) < 4.78 is 0. The molecule has 1 aromatic carbocycles. The normalized spacial score (nSPS) is 10.5. The third-order valence-corrected chi connectivity index (χ3v) is 2.66. The molecule has 88 valence electrons. The molecule has 5 heteroatoms. The van der Waals surface area contributed by atoms with Crippen molar-refractivity contribution < 1.29 is 4.79 Å². The van der Waals surface area contributed by atoms with Crippen molar-refractivity contribution in [3.8, 4) is 0 Å². The van der Waals surface area contributed by atoms with E-state index in [-0.39, 0.29) is 5.91 Å². The first kappa shape index (κ1) is 11.8. The maximum absolute atomic E-state index is 12.1. The topological polar surface area (TPSA) is 46.1 Å². The summed E-state index contributed by atoms with van der Waals surface area (Å²) in [5.74, 6) is 0.329. The number of rotatable bonds is 3. The third kappa shape index (κ3) is 2.36. The smallest absolute Gasteiger partial charge is 0.255 e. The van der Waals surface area contributed by atoms with Crippen molar-refractivity contribution in [3.05, 3.63) is 36.2 Å². The van der Waals surface area contributed by atoms with Gasteiger partial charge in [-0.1, -0.05) is 6.07 Å². The van der Waals surface area contributed by atoms with Crippen LogP contribution in [0.15, 0.2) is 30.6 Å². The Balaban J connectivity index is 2.45. The molecule has 0 aliphatic carbocycles. The van der Waals surface area contributed by atoms with Crippen LogP contribution in [0.2, 0.25) is 0 Å². The number of alkyl halides is 1. The predicted octanol–water partition coefficient (Wildman–Crippen LogP) is 1.94. The Morgan fingerprint density at radius 3 is 2.88 bits per heavy atom. The first-order valence-electron chi connectivity index (χ1n) is 5.25. The number of amides is 1. The summed E-state index contributed by atoms with van der Waals surface area (Å²) in [4.78, 5) is 22.1. The molecule has 0 unspecified atom stereocenters. The van der Waals surface area contributed by atoms with Gasteiger partial charge in [0.1, 0.15) is 5.52 Å². The van der Waals surface area contributed by atoms with Crippen LogP contribution in [0.25, 0.3) is 11.0 Å². The van der Waals surface area contributed by atoms with E-state index in [1.54, 1.807) is 36.5 Å². The molecular formula is C12H12ClN3O. The Bertz CT molecular complexity index is 539. The highest BCUT2D eigenvalue weighted by atomic mass is 35.5. The van der Waals surface area contributed by atoms with Gasteiger partial charge in [0.05, 0.1) is 11.1 Å². The number of halogens is 1. The first-order valence-corrected chi connectivity index (χ1v) is 5.78. The van der Waals surface area contributed by atoms with Gasteiger partial charge in [-0.2, -0.15) is 0 Å². The molecule has 1 aromatic heterocycles. The summed E-state index contributed by atoms with van der Waals surface area (Å²) >= 11 is 5.62. The van der Waals surface area contributed by atoms with E-state index in [0.717, 1.165) is 5.52 Å². The summed E-state index contributed by atoms with van der Waals surface area (Å²) in [6, 6.07) is 5.39. The second-order valence-electron chi connectivity index (χ2n) is 3.65. The first-order chi connectivity index (χ1) is 8.24. The van der Waals surface area contributed by atoms with Crippen LogP contribution in [-0.4, -0.2) is 40.2 Å². The molecule has 0 spiro atoms. The molecule has 0 aliphatic heterocycles. The van der Waals surface area contributed by atoms with E-state index in [2.05, 4.69) is 9.97 Å². The molecule has 0 fully saturated rings. The molecule has 2 rings (SSSR count). The van der Waals surface area contributed by atoms with Gasteiger partial charge in [0.2, 0.25) is 0 Å². The number of fused-ring (bicyclic) bond motifs is 1. The van der Waals surface area contributed by atoms with E-state index in [0.29, 0.717) is 23.5 Å². The summed E-state index contributed by atoms with van der Waals surface area (Å²) in [5, 5.41) is 0. The molecule has 0 saturated carbocycles. The lowest BCUT2D eigenvalue weighted by Gasteiger charge is -2.16. The van der Waals surface area contributed by atoms with Crippen molar-refractivity contribution in [2.24, 2.45) is 0 Å². The van der Waals surface area contributed by atoms with Gasteiger partial charge in [-0.15, -0.1) is 11.6 Å². The van der Waals surface area contributed by atoms with Gasteiger partial charge in [-0.3, -0.25) is 14.8 Å². The largest absolute Gasteiger partial charge is 0.340 e. The highest BCUT2D eigenvalue weighted by Gasteiger charge is 2.14. The summed E-state index contributed by atoms with van der Waals surface area (Å²) in [6.45, 7) is 0.511. The summed E-state index contributed by atoms with van der Waals surface area (Å²) in [5.41, 5.74) is 1.90. The van der Waals surface area contributed by atoms with Crippen molar-refractivity contribution in [1.82, 2.24) is 14.9 Å². The standard InChI is InChI=1S/C12H12ClN3O/c1-16(8-5-13)12(17)9-3-2-4-10-11(9)15-7-6-14-10/h2-4,6-7H,5,8H2,1H3. The molecule has 1 amide bonds. The van der Waals surface area contributed by atoms with E-state index >= 15 is 0 Å². The Morgan fingerprint density at radius 1 is 1.35 bits per heavy atom. The van der Waals surface area contributed by atoms with E-state index in [4.69, 9.17) is 11.6 Å². The van der Waals surface area contributed by atoms with Gasteiger partial charge in [0, 0.05) is 31.9 Å². The summed E-state index contributed by atoms with van der Waals surface area (Å²) in [6.07, 6.45) is 3.19.